The van der Waals surface area contributed by atoms with E-state index in [2.05, 4.69) is 46.9 Å². The maximum absolute atomic E-state index is 10.4. The highest BCUT2D eigenvalue weighted by Crippen LogP contribution is 2.06. The van der Waals surface area contributed by atoms with Crippen molar-refractivity contribution in [3.05, 3.63) is 5.89 Å². The molecule has 0 bridgehead atoms. The molecule has 0 unspecified atom stereocenters. The minimum absolute atomic E-state index is 0.00648. The first-order chi connectivity index (χ1) is 8.37. The van der Waals surface area contributed by atoms with Gasteiger partial charge in [-0.1, -0.05) is 5.10 Å². The number of aromatic nitrogens is 2. The second-order valence-corrected chi connectivity index (χ2v) is 4.82. The van der Waals surface area contributed by atoms with E-state index in [1.54, 1.807) is 0 Å². The maximum atomic E-state index is 10.4. The van der Waals surface area contributed by atoms with Crippen molar-refractivity contribution in [1.82, 2.24) is 20.8 Å². The molecule has 102 valence electrons. The Labute approximate surface area is 106 Å². The van der Waals surface area contributed by atoms with Gasteiger partial charge < -0.3 is 26.1 Å². The van der Waals surface area contributed by atoms with Gasteiger partial charge in [-0.25, -0.2) is 4.79 Å². The van der Waals surface area contributed by atoms with E-state index >= 15 is 0 Å². The van der Waals surface area contributed by atoms with E-state index in [4.69, 9.17) is 10.2 Å². The summed E-state index contributed by atoms with van der Waals surface area (Å²) in [5.41, 5.74) is 4.91. The third-order valence-electron chi connectivity index (χ3n) is 1.94. The van der Waals surface area contributed by atoms with Crippen LogP contribution in [0.1, 0.15) is 26.7 Å². The number of hydrogen-bond donors (Lipinski definition) is 4. The smallest absolute Gasteiger partial charge is 0.315 e. The molecule has 1 aromatic rings. The Morgan fingerprint density at radius 3 is 2.67 bits per heavy atom. The number of nitrogens with zero attached hydrogens (tertiary/aromatic N) is 2. The number of carbonyl (C=O) groups excluding carboxylic acids is 1. The van der Waals surface area contributed by atoms with Gasteiger partial charge in [0.05, 0.1) is 6.54 Å². The van der Waals surface area contributed by atoms with E-state index in [9.17, 15) is 4.79 Å². The van der Waals surface area contributed by atoms with E-state index < -0.39 is 6.03 Å². The van der Waals surface area contributed by atoms with E-state index in [1.165, 1.54) is 0 Å². The van der Waals surface area contributed by atoms with Crippen molar-refractivity contribution in [3.8, 4) is 0 Å². The van der Waals surface area contributed by atoms with Crippen LogP contribution in [-0.2, 0) is 6.54 Å². The summed E-state index contributed by atoms with van der Waals surface area (Å²) >= 11 is 0. The molecule has 1 aromatic heterocycles. The van der Waals surface area contributed by atoms with Gasteiger partial charge in [0.25, 0.3) is 0 Å². The molecule has 0 radical (unpaired) electrons. The fraction of sp³-hybridized carbons (Fsp3) is 0.700. The minimum Gasteiger partial charge on any atom is -0.407 e. The second kappa shape index (κ2) is 6.20. The first kappa shape index (κ1) is 14.2. The molecule has 1 heterocycles. The van der Waals surface area contributed by atoms with E-state index in [0.717, 1.165) is 0 Å². The molecule has 0 aliphatic heterocycles. The van der Waals surface area contributed by atoms with Gasteiger partial charge in [0.15, 0.2) is 0 Å². The number of nitrogens with one attached hydrogen (secondary N) is 3. The van der Waals surface area contributed by atoms with Crippen molar-refractivity contribution < 1.29 is 9.21 Å². The van der Waals surface area contributed by atoms with E-state index in [0.29, 0.717) is 31.5 Å². The summed E-state index contributed by atoms with van der Waals surface area (Å²) in [5, 5.41) is 16.3. The van der Waals surface area contributed by atoms with Crippen molar-refractivity contribution in [1.29, 1.82) is 0 Å². The molecular weight excluding hydrogens is 236 g/mol. The Balaban J connectivity index is 2.28. The first-order valence-corrected chi connectivity index (χ1v) is 5.71. The van der Waals surface area contributed by atoms with Crippen LogP contribution in [0.5, 0.6) is 0 Å². The number of anilines is 1. The Morgan fingerprint density at radius 2 is 2.06 bits per heavy atom. The van der Waals surface area contributed by atoms with E-state index in [-0.39, 0.29) is 5.54 Å². The zero-order valence-electron chi connectivity index (χ0n) is 10.9. The quantitative estimate of drug-likeness (QED) is 0.534. The van der Waals surface area contributed by atoms with Crippen molar-refractivity contribution in [2.24, 2.45) is 5.73 Å². The fourth-order valence-corrected chi connectivity index (χ4v) is 1.09. The molecule has 2 amide bonds. The predicted molar refractivity (Wildman–Crippen MR) is 67.0 cm³/mol. The fourth-order valence-electron chi connectivity index (χ4n) is 1.09. The van der Waals surface area contributed by atoms with Crippen LogP contribution in [-0.4, -0.2) is 34.9 Å². The molecule has 0 saturated heterocycles. The molecule has 0 atom stereocenters. The lowest BCUT2D eigenvalue weighted by molar-refractivity contribution is 0.249. The van der Waals surface area contributed by atoms with Crippen molar-refractivity contribution in [2.75, 3.05) is 18.4 Å². The Hall–Kier alpha value is -1.83. The number of rotatable bonds is 6. The molecule has 8 nitrogen and oxygen atoms in total. The van der Waals surface area contributed by atoms with Gasteiger partial charge in [-0.3, -0.25) is 0 Å². The van der Waals surface area contributed by atoms with Crippen LogP contribution in [0.3, 0.4) is 0 Å². The predicted octanol–water partition coefficient (Wildman–Crippen LogP) is 0.0379. The second-order valence-electron chi connectivity index (χ2n) is 4.82. The highest BCUT2D eigenvalue weighted by atomic mass is 16.4. The highest BCUT2D eigenvalue weighted by molar-refractivity contribution is 5.71. The van der Waals surface area contributed by atoms with Crippen LogP contribution >= 0.6 is 0 Å². The third-order valence-corrected chi connectivity index (χ3v) is 1.94. The number of hydrogen-bond acceptors (Lipinski definition) is 6. The van der Waals surface area contributed by atoms with Gasteiger partial charge in [0.1, 0.15) is 0 Å². The summed E-state index contributed by atoms with van der Waals surface area (Å²) in [6, 6.07) is -0.232. The average Bonchev–Trinajstić information content (AvgIpc) is 2.68. The zero-order chi connectivity index (χ0) is 13.6. The number of carbonyl (C=O) groups is 1. The van der Waals surface area contributed by atoms with Crippen molar-refractivity contribution >= 4 is 12.0 Å². The third kappa shape index (κ3) is 6.04. The summed E-state index contributed by atoms with van der Waals surface area (Å²) in [5.74, 6) is 0.510. The number of urea groups is 1. The van der Waals surface area contributed by atoms with Crippen molar-refractivity contribution in [2.45, 2.75) is 32.9 Å². The van der Waals surface area contributed by atoms with Gasteiger partial charge in [-0.2, -0.15) is 0 Å². The summed E-state index contributed by atoms with van der Waals surface area (Å²) in [7, 11) is 0. The molecular formula is C10H20N6O2. The van der Waals surface area contributed by atoms with Gasteiger partial charge >= 0.3 is 12.0 Å². The SMILES string of the molecule is CC(C)(C)NCc1nnc(NCCNC(N)=O)o1. The molecule has 0 aliphatic rings. The first-order valence-electron chi connectivity index (χ1n) is 5.71. The van der Waals surface area contributed by atoms with E-state index in [1.807, 2.05) is 0 Å². The molecule has 18 heavy (non-hydrogen) atoms. The molecule has 0 saturated carbocycles. The van der Waals surface area contributed by atoms with Crippen LogP contribution in [0.25, 0.3) is 0 Å². The molecule has 1 rings (SSSR count). The maximum Gasteiger partial charge on any atom is 0.315 e. The summed E-state index contributed by atoms with van der Waals surface area (Å²) in [6.07, 6.45) is 0. The standard InChI is InChI=1S/C10H20N6O2/c1-10(2,3)14-6-7-15-16-9(18-7)13-5-4-12-8(11)17/h14H,4-6H2,1-3H3,(H,13,16)(H3,11,12,17). The largest absolute Gasteiger partial charge is 0.407 e. The van der Waals surface area contributed by atoms with Crippen LogP contribution in [0.4, 0.5) is 10.8 Å². The van der Waals surface area contributed by atoms with Crippen LogP contribution in [0, 0.1) is 0 Å². The molecule has 5 N–H and O–H groups in total. The van der Waals surface area contributed by atoms with Gasteiger partial charge in [0.2, 0.25) is 5.89 Å². The van der Waals surface area contributed by atoms with Crippen molar-refractivity contribution in [3.63, 3.8) is 0 Å². The minimum atomic E-state index is -0.558. The molecule has 0 aliphatic carbocycles. The van der Waals surface area contributed by atoms with Crippen LogP contribution in [0.15, 0.2) is 4.42 Å². The lowest BCUT2D eigenvalue weighted by atomic mass is 10.1. The normalized spacial score (nSPS) is 11.3. The lowest BCUT2D eigenvalue weighted by Gasteiger charge is -2.18. The summed E-state index contributed by atoms with van der Waals surface area (Å²) < 4.78 is 5.35. The van der Waals surface area contributed by atoms with Crippen LogP contribution in [0.2, 0.25) is 0 Å². The number of amides is 2. The number of primary amides is 1. The average molecular weight is 256 g/mol. The van der Waals surface area contributed by atoms with Gasteiger partial charge in [-0.15, -0.1) is 5.10 Å². The van der Waals surface area contributed by atoms with Gasteiger partial charge in [0, 0.05) is 18.6 Å². The molecule has 0 spiro atoms. The Kier molecular flexibility index (Phi) is 4.90. The van der Waals surface area contributed by atoms with Gasteiger partial charge in [-0.05, 0) is 20.8 Å². The topological polar surface area (TPSA) is 118 Å². The summed E-state index contributed by atoms with van der Waals surface area (Å²) in [6.45, 7) is 7.54. The monoisotopic (exact) mass is 256 g/mol. The zero-order valence-corrected chi connectivity index (χ0v) is 10.9. The Morgan fingerprint density at radius 1 is 1.33 bits per heavy atom. The Bertz CT molecular complexity index is 384. The molecule has 0 aromatic carbocycles. The lowest BCUT2D eigenvalue weighted by Crippen LogP contribution is -2.35. The molecule has 8 heteroatoms. The van der Waals surface area contributed by atoms with Crippen LogP contribution < -0.4 is 21.7 Å². The summed E-state index contributed by atoms with van der Waals surface area (Å²) in [4.78, 5) is 10.4. The highest BCUT2D eigenvalue weighted by Gasteiger charge is 2.11. The molecule has 0 fully saturated rings. The number of nitrogens with two attached hydrogens (primary N) is 1.